The standard InChI is InChI=1S/C25H26F3N7O2S.H2O/c1-17-3-5-19(6-4-17)35-22(31-24(36)20-16-30-34-11-2-10-29-23(20)34)15-21(32-35)18-7-12-33(13-8-18)38(37)14-9-25(26,27)28;/h2-6,10-11,15-16,18H,7-9,12-14H2,1H3,(H,31,36);1H2. The molecule has 1 unspecified atom stereocenters. The number of carbonyl (C=O) groups is 1. The van der Waals surface area contributed by atoms with Crippen molar-refractivity contribution < 1.29 is 27.7 Å². The number of fused-ring (bicyclic) bond motifs is 1. The van der Waals surface area contributed by atoms with Crippen molar-refractivity contribution in [2.75, 3.05) is 24.2 Å². The highest BCUT2D eigenvalue weighted by Gasteiger charge is 2.31. The lowest BCUT2D eigenvalue weighted by Crippen LogP contribution is -2.36. The van der Waals surface area contributed by atoms with Gasteiger partial charge < -0.3 is 10.8 Å². The lowest BCUT2D eigenvalue weighted by molar-refractivity contribution is -0.129. The second-order valence-corrected chi connectivity index (χ2v) is 10.8. The topological polar surface area (TPSA) is 129 Å². The van der Waals surface area contributed by atoms with Gasteiger partial charge >= 0.3 is 6.18 Å². The van der Waals surface area contributed by atoms with Crippen molar-refractivity contribution in [1.82, 2.24) is 28.7 Å². The fourth-order valence-corrected chi connectivity index (χ4v) is 5.71. The SMILES string of the molecule is Cc1ccc(-n2nc(C3CCN(S(=O)CCC(F)(F)F)CC3)cc2NC(=O)c2cnn3cccnc23)cc1.O. The monoisotopic (exact) mass is 563 g/mol. The van der Waals surface area contributed by atoms with Gasteiger partial charge in [-0.3, -0.25) is 4.79 Å². The summed E-state index contributed by atoms with van der Waals surface area (Å²) in [5.74, 6) is -0.328. The fourth-order valence-electron chi connectivity index (χ4n) is 4.43. The van der Waals surface area contributed by atoms with Crippen molar-refractivity contribution in [3.63, 3.8) is 0 Å². The maximum atomic E-state index is 13.2. The molecule has 0 bridgehead atoms. The predicted molar refractivity (Wildman–Crippen MR) is 140 cm³/mol. The van der Waals surface area contributed by atoms with Gasteiger partial charge in [0.15, 0.2) is 5.65 Å². The molecule has 5 rings (SSSR count). The first-order valence-corrected chi connectivity index (χ1v) is 13.4. The zero-order chi connectivity index (χ0) is 26.9. The minimum Gasteiger partial charge on any atom is -0.412 e. The Bertz CT molecular complexity index is 1460. The van der Waals surface area contributed by atoms with Crippen LogP contribution < -0.4 is 5.32 Å². The number of anilines is 1. The van der Waals surface area contributed by atoms with E-state index < -0.39 is 29.3 Å². The highest BCUT2D eigenvalue weighted by molar-refractivity contribution is 7.82. The normalized spacial score (nSPS) is 15.7. The molecule has 1 amide bonds. The molecule has 4 heterocycles. The van der Waals surface area contributed by atoms with Crippen molar-refractivity contribution in [3.05, 3.63) is 71.8 Å². The second-order valence-electron chi connectivity index (χ2n) is 9.20. The zero-order valence-corrected chi connectivity index (χ0v) is 21.9. The summed E-state index contributed by atoms with van der Waals surface area (Å²) in [4.78, 5) is 17.4. The number of aromatic nitrogens is 5. The number of piperidine rings is 1. The summed E-state index contributed by atoms with van der Waals surface area (Å²) in [7, 11) is -1.68. The number of hydrogen-bond acceptors (Lipinski definition) is 5. The number of aryl methyl sites for hydroxylation is 1. The van der Waals surface area contributed by atoms with Crippen molar-refractivity contribution in [3.8, 4) is 5.69 Å². The van der Waals surface area contributed by atoms with Crippen molar-refractivity contribution >= 4 is 28.4 Å². The van der Waals surface area contributed by atoms with E-state index in [1.54, 1.807) is 27.4 Å². The van der Waals surface area contributed by atoms with E-state index in [1.165, 1.54) is 10.7 Å². The molecule has 208 valence electrons. The van der Waals surface area contributed by atoms with E-state index in [0.717, 1.165) is 16.9 Å². The summed E-state index contributed by atoms with van der Waals surface area (Å²) in [5.41, 5.74) is 3.34. The number of halogens is 3. The number of carbonyl (C=O) groups excluding carboxylic acids is 1. The summed E-state index contributed by atoms with van der Waals surface area (Å²) in [6.07, 6.45) is 0.548. The van der Waals surface area contributed by atoms with Crippen LogP contribution in [0.15, 0.2) is 55.0 Å². The lowest BCUT2D eigenvalue weighted by atomic mass is 9.95. The van der Waals surface area contributed by atoms with Crippen molar-refractivity contribution in [2.45, 2.75) is 38.3 Å². The van der Waals surface area contributed by atoms with E-state index in [2.05, 4.69) is 15.4 Å². The molecule has 0 aliphatic carbocycles. The third-order valence-electron chi connectivity index (χ3n) is 6.49. The number of nitrogens with one attached hydrogen (secondary N) is 1. The largest absolute Gasteiger partial charge is 0.412 e. The van der Waals surface area contributed by atoms with E-state index in [4.69, 9.17) is 5.10 Å². The number of benzene rings is 1. The molecule has 3 N–H and O–H groups in total. The molecule has 4 aromatic rings. The first-order chi connectivity index (χ1) is 18.2. The van der Waals surface area contributed by atoms with Crippen LogP contribution in [0.5, 0.6) is 0 Å². The van der Waals surface area contributed by atoms with E-state index in [0.29, 0.717) is 43.0 Å². The van der Waals surface area contributed by atoms with E-state index >= 15 is 0 Å². The number of hydrogen-bond donors (Lipinski definition) is 1. The van der Waals surface area contributed by atoms with Gasteiger partial charge in [0, 0.05) is 43.2 Å². The molecule has 14 heteroatoms. The third kappa shape index (κ3) is 6.52. The van der Waals surface area contributed by atoms with Gasteiger partial charge in [-0.2, -0.15) is 23.4 Å². The molecule has 1 fully saturated rings. The lowest BCUT2D eigenvalue weighted by Gasteiger charge is -2.30. The quantitative estimate of drug-likeness (QED) is 0.368. The van der Waals surface area contributed by atoms with Crippen LogP contribution >= 0.6 is 0 Å². The molecule has 0 radical (unpaired) electrons. The average Bonchev–Trinajstić information content (AvgIpc) is 3.52. The van der Waals surface area contributed by atoms with Gasteiger partial charge in [-0.1, -0.05) is 17.7 Å². The van der Waals surface area contributed by atoms with Crippen LogP contribution in [0.3, 0.4) is 0 Å². The van der Waals surface area contributed by atoms with Crippen molar-refractivity contribution in [2.24, 2.45) is 0 Å². The van der Waals surface area contributed by atoms with Gasteiger partial charge in [0.05, 0.1) is 35.0 Å². The molecule has 1 aromatic carbocycles. The molecular formula is C25H28F3N7O3S. The van der Waals surface area contributed by atoms with Crippen LogP contribution in [-0.2, 0) is 11.0 Å². The highest BCUT2D eigenvalue weighted by atomic mass is 32.2. The number of alkyl halides is 3. The molecule has 39 heavy (non-hydrogen) atoms. The molecule has 0 saturated carbocycles. The summed E-state index contributed by atoms with van der Waals surface area (Å²) < 4.78 is 54.7. The van der Waals surface area contributed by atoms with Crippen LogP contribution in [0.4, 0.5) is 19.0 Å². The zero-order valence-electron chi connectivity index (χ0n) is 21.1. The average molecular weight is 564 g/mol. The minimum absolute atomic E-state index is 0. The maximum absolute atomic E-state index is 13.2. The highest BCUT2D eigenvalue weighted by Crippen LogP contribution is 2.31. The first-order valence-electron chi connectivity index (χ1n) is 12.1. The Hall–Kier alpha value is -3.62. The fraction of sp³-hybridized carbons (Fsp3) is 0.360. The molecule has 10 nitrogen and oxygen atoms in total. The second kappa shape index (κ2) is 11.6. The third-order valence-corrected chi connectivity index (χ3v) is 7.99. The van der Waals surface area contributed by atoms with Crippen LogP contribution in [0.1, 0.15) is 46.8 Å². The Labute approximate surface area is 224 Å². The smallest absolute Gasteiger partial charge is 0.390 e. The molecule has 1 aliphatic heterocycles. The minimum atomic E-state index is -4.32. The van der Waals surface area contributed by atoms with Gasteiger partial charge in [0.1, 0.15) is 11.4 Å². The molecule has 1 saturated heterocycles. The summed E-state index contributed by atoms with van der Waals surface area (Å²) in [6, 6.07) is 11.3. The summed E-state index contributed by atoms with van der Waals surface area (Å²) in [5, 5.41) is 11.9. The Morgan fingerprint density at radius 3 is 2.59 bits per heavy atom. The van der Waals surface area contributed by atoms with Gasteiger partial charge in [-0.05, 0) is 38.0 Å². The summed E-state index contributed by atoms with van der Waals surface area (Å²) >= 11 is 0. The van der Waals surface area contributed by atoms with E-state index in [1.807, 2.05) is 37.3 Å². The Balaban J connectivity index is 0.00000353. The predicted octanol–water partition coefficient (Wildman–Crippen LogP) is 3.45. The molecule has 0 spiro atoms. The van der Waals surface area contributed by atoms with Gasteiger partial charge in [0.25, 0.3) is 5.91 Å². The Morgan fingerprint density at radius 1 is 1.18 bits per heavy atom. The maximum Gasteiger partial charge on any atom is 0.390 e. The Morgan fingerprint density at radius 2 is 1.90 bits per heavy atom. The van der Waals surface area contributed by atoms with E-state index in [-0.39, 0.29) is 17.3 Å². The van der Waals surface area contributed by atoms with Gasteiger partial charge in [0.2, 0.25) is 0 Å². The molecule has 1 aliphatic rings. The van der Waals surface area contributed by atoms with Crippen LogP contribution in [-0.4, -0.2) is 69.3 Å². The van der Waals surface area contributed by atoms with Crippen LogP contribution in [0.2, 0.25) is 0 Å². The van der Waals surface area contributed by atoms with Gasteiger partial charge in [-0.25, -0.2) is 22.7 Å². The van der Waals surface area contributed by atoms with E-state index in [9.17, 15) is 22.2 Å². The van der Waals surface area contributed by atoms with Crippen LogP contribution in [0, 0.1) is 6.92 Å². The summed E-state index contributed by atoms with van der Waals surface area (Å²) in [6.45, 7) is 2.79. The molecule has 3 aromatic heterocycles. The Kier molecular flexibility index (Phi) is 8.47. The van der Waals surface area contributed by atoms with Gasteiger partial charge in [-0.15, -0.1) is 0 Å². The first kappa shape index (κ1) is 28.4. The van der Waals surface area contributed by atoms with Crippen LogP contribution in [0.25, 0.3) is 11.3 Å². The number of amides is 1. The van der Waals surface area contributed by atoms with Crippen molar-refractivity contribution in [1.29, 1.82) is 0 Å². The molecule has 1 atom stereocenters. The number of rotatable bonds is 7. The number of nitrogens with zero attached hydrogens (tertiary/aromatic N) is 6. The molecular weight excluding hydrogens is 535 g/mol.